The molecule has 1 unspecified atom stereocenters. The Kier molecular flexibility index (Phi) is 9.49. The molecule has 1 atom stereocenters. The molecule has 0 saturated heterocycles. The molecule has 0 radical (unpaired) electrons. The van der Waals surface area contributed by atoms with Gasteiger partial charge in [-0.1, -0.05) is 29.8 Å². The van der Waals surface area contributed by atoms with Crippen molar-refractivity contribution in [1.82, 2.24) is 10.2 Å². The van der Waals surface area contributed by atoms with Crippen LogP contribution in [-0.4, -0.2) is 56.6 Å². The van der Waals surface area contributed by atoms with Gasteiger partial charge in [-0.05, 0) is 64.4 Å². The Bertz CT molecular complexity index is 1080. The van der Waals surface area contributed by atoms with Crippen molar-refractivity contribution >= 4 is 27.5 Å². The standard InChI is InChI=1S/C25H35N3O5S/c1-7-33-23-13-11-22(12-14-23)28(34(6,31)32)17-24(29)27(20(5)25(30)26-18(2)3)16-21-10-8-9-19(4)15-21/h8-15,18,20H,7,16-17H2,1-6H3,(H,26,30). The van der Waals surface area contributed by atoms with Crippen LogP contribution in [0.5, 0.6) is 5.75 Å². The Hall–Kier alpha value is -3.07. The summed E-state index contributed by atoms with van der Waals surface area (Å²) in [6.45, 7) is 9.36. The topological polar surface area (TPSA) is 96.0 Å². The summed E-state index contributed by atoms with van der Waals surface area (Å²) in [5.74, 6) is -0.179. The summed E-state index contributed by atoms with van der Waals surface area (Å²) in [6, 6.07) is 13.3. The van der Waals surface area contributed by atoms with Crippen LogP contribution in [0.1, 0.15) is 38.8 Å². The van der Waals surface area contributed by atoms with E-state index >= 15 is 0 Å². The van der Waals surface area contributed by atoms with Crippen molar-refractivity contribution in [3.63, 3.8) is 0 Å². The molecule has 2 amide bonds. The molecule has 0 aromatic heterocycles. The zero-order valence-corrected chi connectivity index (χ0v) is 21.6. The molecule has 0 aliphatic heterocycles. The number of ether oxygens (including phenoxy) is 1. The number of aryl methyl sites for hydroxylation is 1. The van der Waals surface area contributed by atoms with Gasteiger partial charge >= 0.3 is 0 Å². The molecule has 9 heteroatoms. The Morgan fingerprint density at radius 3 is 2.24 bits per heavy atom. The van der Waals surface area contributed by atoms with Crippen LogP contribution in [0.3, 0.4) is 0 Å². The van der Waals surface area contributed by atoms with Crippen molar-refractivity contribution < 1.29 is 22.7 Å². The molecule has 0 heterocycles. The highest BCUT2D eigenvalue weighted by molar-refractivity contribution is 7.92. The van der Waals surface area contributed by atoms with E-state index in [0.717, 1.165) is 21.7 Å². The average Bonchev–Trinajstić information content (AvgIpc) is 2.75. The number of hydrogen-bond donors (Lipinski definition) is 1. The van der Waals surface area contributed by atoms with Crippen LogP contribution in [0, 0.1) is 6.92 Å². The number of benzene rings is 2. The van der Waals surface area contributed by atoms with Gasteiger partial charge in [0.15, 0.2) is 0 Å². The summed E-state index contributed by atoms with van der Waals surface area (Å²) < 4.78 is 31.7. The molecule has 0 saturated carbocycles. The van der Waals surface area contributed by atoms with Gasteiger partial charge in [0.05, 0.1) is 18.6 Å². The lowest BCUT2D eigenvalue weighted by Gasteiger charge is -2.32. The van der Waals surface area contributed by atoms with E-state index in [4.69, 9.17) is 4.74 Å². The Balaban J connectivity index is 2.37. The zero-order valence-electron chi connectivity index (χ0n) is 20.7. The number of amides is 2. The largest absolute Gasteiger partial charge is 0.494 e. The molecule has 2 aromatic carbocycles. The van der Waals surface area contributed by atoms with Crippen LogP contribution < -0.4 is 14.4 Å². The average molecular weight is 490 g/mol. The van der Waals surface area contributed by atoms with Crippen LogP contribution >= 0.6 is 0 Å². The zero-order chi connectivity index (χ0) is 25.5. The monoisotopic (exact) mass is 489 g/mol. The molecule has 186 valence electrons. The van der Waals surface area contributed by atoms with Crippen molar-refractivity contribution in [2.75, 3.05) is 23.7 Å². The highest BCUT2D eigenvalue weighted by Gasteiger charge is 2.30. The number of anilines is 1. The maximum absolute atomic E-state index is 13.5. The fourth-order valence-electron chi connectivity index (χ4n) is 3.48. The van der Waals surface area contributed by atoms with Crippen LogP contribution in [-0.2, 0) is 26.2 Å². The van der Waals surface area contributed by atoms with Crippen molar-refractivity contribution in [1.29, 1.82) is 0 Å². The van der Waals surface area contributed by atoms with Gasteiger partial charge in [-0.25, -0.2) is 8.42 Å². The van der Waals surface area contributed by atoms with Crippen LogP contribution in [0.25, 0.3) is 0 Å². The third-order valence-electron chi connectivity index (χ3n) is 5.15. The molecule has 34 heavy (non-hydrogen) atoms. The predicted octanol–water partition coefficient (Wildman–Crippen LogP) is 3.10. The third-order valence-corrected chi connectivity index (χ3v) is 6.29. The smallest absolute Gasteiger partial charge is 0.244 e. The molecule has 2 aromatic rings. The molecule has 0 aliphatic rings. The number of rotatable bonds is 11. The fourth-order valence-corrected chi connectivity index (χ4v) is 4.33. The van der Waals surface area contributed by atoms with E-state index in [1.807, 2.05) is 52.0 Å². The number of carbonyl (C=O) groups excluding carboxylic acids is 2. The van der Waals surface area contributed by atoms with E-state index in [1.165, 1.54) is 4.90 Å². The summed E-state index contributed by atoms with van der Waals surface area (Å²) in [4.78, 5) is 27.7. The molecule has 0 spiro atoms. The summed E-state index contributed by atoms with van der Waals surface area (Å²) in [5, 5.41) is 2.83. The van der Waals surface area contributed by atoms with E-state index in [1.54, 1.807) is 31.2 Å². The summed E-state index contributed by atoms with van der Waals surface area (Å²) >= 11 is 0. The van der Waals surface area contributed by atoms with E-state index in [0.29, 0.717) is 18.0 Å². The SMILES string of the molecule is CCOc1ccc(N(CC(=O)N(Cc2cccc(C)c2)C(C)C(=O)NC(C)C)S(C)(=O)=O)cc1. The first-order valence-electron chi connectivity index (χ1n) is 11.3. The molecule has 1 N–H and O–H groups in total. The van der Waals surface area contributed by atoms with Crippen LogP contribution in [0.2, 0.25) is 0 Å². The second-order valence-electron chi connectivity index (χ2n) is 8.55. The number of sulfonamides is 1. The number of nitrogens with one attached hydrogen (secondary N) is 1. The van der Waals surface area contributed by atoms with Gasteiger partial charge in [0.1, 0.15) is 18.3 Å². The first-order valence-corrected chi connectivity index (χ1v) is 13.1. The first-order chi connectivity index (χ1) is 15.9. The van der Waals surface area contributed by atoms with Crippen LogP contribution in [0.15, 0.2) is 48.5 Å². The van der Waals surface area contributed by atoms with Crippen molar-refractivity contribution in [2.45, 2.75) is 53.2 Å². The van der Waals surface area contributed by atoms with Gasteiger partial charge in [0.25, 0.3) is 0 Å². The van der Waals surface area contributed by atoms with E-state index in [-0.39, 0.29) is 18.5 Å². The van der Waals surface area contributed by atoms with Crippen molar-refractivity contribution in [2.24, 2.45) is 0 Å². The lowest BCUT2D eigenvalue weighted by Crippen LogP contribution is -2.52. The molecular weight excluding hydrogens is 454 g/mol. The second kappa shape index (κ2) is 11.9. The summed E-state index contributed by atoms with van der Waals surface area (Å²) in [6.07, 6.45) is 1.05. The molecule has 0 bridgehead atoms. The maximum Gasteiger partial charge on any atom is 0.244 e. The van der Waals surface area contributed by atoms with Crippen LogP contribution in [0.4, 0.5) is 5.69 Å². The van der Waals surface area contributed by atoms with E-state index in [2.05, 4.69) is 5.32 Å². The predicted molar refractivity (Wildman–Crippen MR) is 134 cm³/mol. The third kappa shape index (κ3) is 7.76. The minimum Gasteiger partial charge on any atom is -0.494 e. The Morgan fingerprint density at radius 2 is 1.71 bits per heavy atom. The van der Waals surface area contributed by atoms with Gasteiger partial charge in [-0.2, -0.15) is 0 Å². The number of hydrogen-bond acceptors (Lipinski definition) is 5. The highest BCUT2D eigenvalue weighted by Crippen LogP contribution is 2.22. The highest BCUT2D eigenvalue weighted by atomic mass is 32.2. The lowest BCUT2D eigenvalue weighted by atomic mass is 10.1. The van der Waals surface area contributed by atoms with Gasteiger partial charge in [-0.3, -0.25) is 13.9 Å². The minimum atomic E-state index is -3.77. The Labute approximate surface area is 202 Å². The minimum absolute atomic E-state index is 0.0951. The van der Waals surface area contributed by atoms with Gasteiger partial charge in [0, 0.05) is 12.6 Å². The Morgan fingerprint density at radius 1 is 1.06 bits per heavy atom. The van der Waals surface area contributed by atoms with E-state index < -0.39 is 28.5 Å². The van der Waals surface area contributed by atoms with Gasteiger partial charge in [0.2, 0.25) is 21.8 Å². The van der Waals surface area contributed by atoms with Crippen molar-refractivity contribution in [3.8, 4) is 5.75 Å². The van der Waals surface area contributed by atoms with Gasteiger partial charge in [-0.15, -0.1) is 0 Å². The lowest BCUT2D eigenvalue weighted by molar-refractivity contribution is -0.139. The van der Waals surface area contributed by atoms with Crippen molar-refractivity contribution in [3.05, 3.63) is 59.7 Å². The van der Waals surface area contributed by atoms with E-state index in [9.17, 15) is 18.0 Å². The first kappa shape index (κ1) is 27.2. The summed E-state index contributed by atoms with van der Waals surface area (Å²) in [7, 11) is -3.77. The number of carbonyl (C=O) groups is 2. The fraction of sp³-hybridized carbons (Fsp3) is 0.440. The molecular formula is C25H35N3O5S. The second-order valence-corrected chi connectivity index (χ2v) is 10.5. The maximum atomic E-state index is 13.5. The molecule has 0 aliphatic carbocycles. The number of nitrogens with zero attached hydrogens (tertiary/aromatic N) is 2. The summed E-state index contributed by atoms with van der Waals surface area (Å²) in [5.41, 5.74) is 2.22. The molecule has 8 nitrogen and oxygen atoms in total. The van der Waals surface area contributed by atoms with Gasteiger partial charge < -0.3 is 15.0 Å². The molecule has 0 fully saturated rings. The quantitative estimate of drug-likeness (QED) is 0.523. The molecule has 2 rings (SSSR count). The normalized spacial score (nSPS) is 12.2.